The van der Waals surface area contributed by atoms with Gasteiger partial charge in [0.15, 0.2) is 0 Å². The minimum atomic E-state index is -0.805. The first-order valence-corrected chi connectivity index (χ1v) is 9.11. The van der Waals surface area contributed by atoms with Gasteiger partial charge in [0.05, 0.1) is 11.5 Å². The van der Waals surface area contributed by atoms with Crippen molar-refractivity contribution in [2.45, 2.75) is 64.3 Å². The number of carboxylic acids is 1. The standard InChI is InChI=1S/C20H27NO3/c1-15-7-5-8-16(13-15)17-9-3-2-4-12-21(17)18(22)14-20(19(23)24)10-6-11-20/h5,7-8,13,17H,2-4,6,9-12,14H2,1H3,(H,23,24). The molecule has 2 fully saturated rings. The Morgan fingerprint density at radius 2 is 2.00 bits per heavy atom. The molecule has 1 saturated carbocycles. The molecule has 1 saturated heterocycles. The lowest BCUT2D eigenvalue weighted by Crippen LogP contribution is -2.44. The highest BCUT2D eigenvalue weighted by atomic mass is 16.4. The molecule has 1 aliphatic heterocycles. The van der Waals surface area contributed by atoms with Gasteiger partial charge in [-0.25, -0.2) is 0 Å². The van der Waals surface area contributed by atoms with E-state index in [9.17, 15) is 14.7 Å². The van der Waals surface area contributed by atoms with Gasteiger partial charge >= 0.3 is 5.97 Å². The molecule has 1 amide bonds. The molecule has 4 heteroatoms. The zero-order chi connectivity index (χ0) is 17.2. The van der Waals surface area contributed by atoms with Crippen molar-refractivity contribution in [3.63, 3.8) is 0 Å². The summed E-state index contributed by atoms with van der Waals surface area (Å²) in [5.74, 6) is -0.783. The van der Waals surface area contributed by atoms with Crippen molar-refractivity contribution in [3.8, 4) is 0 Å². The highest BCUT2D eigenvalue weighted by molar-refractivity contribution is 5.86. The summed E-state index contributed by atoms with van der Waals surface area (Å²) in [4.78, 5) is 26.6. The normalized spacial score (nSPS) is 23.2. The highest BCUT2D eigenvalue weighted by Crippen LogP contribution is 2.45. The van der Waals surface area contributed by atoms with E-state index < -0.39 is 11.4 Å². The van der Waals surface area contributed by atoms with Crippen LogP contribution in [-0.4, -0.2) is 28.4 Å². The molecule has 1 aliphatic carbocycles. The van der Waals surface area contributed by atoms with Crippen LogP contribution in [0.25, 0.3) is 0 Å². The van der Waals surface area contributed by atoms with Crippen LogP contribution in [0.1, 0.15) is 68.5 Å². The summed E-state index contributed by atoms with van der Waals surface area (Å²) < 4.78 is 0. The molecule has 2 aliphatic rings. The van der Waals surface area contributed by atoms with E-state index in [1.807, 2.05) is 11.0 Å². The minimum absolute atomic E-state index is 0.0190. The summed E-state index contributed by atoms with van der Waals surface area (Å²) in [6.07, 6.45) is 6.58. The molecule has 1 heterocycles. The third-order valence-corrected chi connectivity index (χ3v) is 5.75. The van der Waals surface area contributed by atoms with Crippen LogP contribution in [0.2, 0.25) is 0 Å². The van der Waals surface area contributed by atoms with Gasteiger partial charge in [0, 0.05) is 13.0 Å². The van der Waals surface area contributed by atoms with Crippen molar-refractivity contribution in [1.82, 2.24) is 4.90 Å². The molecule has 0 radical (unpaired) electrons. The van der Waals surface area contributed by atoms with Crippen LogP contribution < -0.4 is 0 Å². The van der Waals surface area contributed by atoms with Crippen LogP contribution >= 0.6 is 0 Å². The first-order valence-electron chi connectivity index (χ1n) is 9.11. The number of rotatable bonds is 4. The van der Waals surface area contributed by atoms with Gasteiger partial charge in [0.25, 0.3) is 0 Å². The maximum Gasteiger partial charge on any atom is 0.310 e. The maximum atomic E-state index is 13.0. The fourth-order valence-corrected chi connectivity index (χ4v) is 4.09. The first kappa shape index (κ1) is 17.0. The third-order valence-electron chi connectivity index (χ3n) is 5.75. The van der Waals surface area contributed by atoms with E-state index in [4.69, 9.17) is 0 Å². The molecule has 3 rings (SSSR count). The zero-order valence-corrected chi connectivity index (χ0v) is 14.5. The van der Waals surface area contributed by atoms with Crippen LogP contribution in [-0.2, 0) is 9.59 Å². The Morgan fingerprint density at radius 1 is 1.21 bits per heavy atom. The summed E-state index contributed by atoms with van der Waals surface area (Å²) in [5, 5.41) is 9.54. The van der Waals surface area contributed by atoms with Crippen molar-refractivity contribution >= 4 is 11.9 Å². The monoisotopic (exact) mass is 329 g/mol. The number of aryl methyl sites for hydroxylation is 1. The van der Waals surface area contributed by atoms with Crippen molar-refractivity contribution < 1.29 is 14.7 Å². The van der Waals surface area contributed by atoms with Crippen LogP contribution in [0.3, 0.4) is 0 Å². The van der Waals surface area contributed by atoms with Gasteiger partial charge in [0.2, 0.25) is 5.91 Å². The topological polar surface area (TPSA) is 57.6 Å². The lowest BCUT2D eigenvalue weighted by Gasteiger charge is -2.40. The van der Waals surface area contributed by atoms with Gasteiger partial charge in [-0.15, -0.1) is 0 Å². The van der Waals surface area contributed by atoms with Gasteiger partial charge < -0.3 is 10.0 Å². The summed E-state index contributed by atoms with van der Waals surface area (Å²) in [5.41, 5.74) is 1.58. The fourth-order valence-electron chi connectivity index (χ4n) is 4.09. The van der Waals surface area contributed by atoms with Crippen molar-refractivity contribution in [2.24, 2.45) is 5.41 Å². The molecule has 1 atom stereocenters. The van der Waals surface area contributed by atoms with Crippen LogP contribution in [0, 0.1) is 12.3 Å². The fraction of sp³-hybridized carbons (Fsp3) is 0.600. The molecule has 0 spiro atoms. The Morgan fingerprint density at radius 3 is 2.62 bits per heavy atom. The molecule has 1 aromatic carbocycles. The number of carbonyl (C=O) groups excluding carboxylic acids is 1. The van der Waals surface area contributed by atoms with Crippen molar-refractivity contribution in [3.05, 3.63) is 35.4 Å². The molecule has 1 N–H and O–H groups in total. The second kappa shape index (κ2) is 6.96. The van der Waals surface area contributed by atoms with E-state index in [1.165, 1.54) is 11.1 Å². The number of hydrogen-bond acceptors (Lipinski definition) is 2. The molecule has 0 bridgehead atoms. The number of carboxylic acid groups (broad SMARTS) is 1. The lowest BCUT2D eigenvalue weighted by molar-refractivity contribution is -0.160. The number of benzene rings is 1. The summed E-state index contributed by atoms with van der Waals surface area (Å²) >= 11 is 0. The summed E-state index contributed by atoms with van der Waals surface area (Å²) in [7, 11) is 0. The molecule has 0 aromatic heterocycles. The van der Waals surface area contributed by atoms with E-state index in [1.54, 1.807) is 0 Å². The van der Waals surface area contributed by atoms with Crippen molar-refractivity contribution in [2.75, 3.05) is 6.54 Å². The third kappa shape index (κ3) is 3.33. The molecular weight excluding hydrogens is 302 g/mol. The Kier molecular flexibility index (Phi) is 4.93. The maximum absolute atomic E-state index is 13.0. The van der Waals surface area contributed by atoms with Crippen LogP contribution in [0.5, 0.6) is 0 Å². The Labute approximate surface area is 143 Å². The second-order valence-corrected chi connectivity index (χ2v) is 7.48. The molecule has 130 valence electrons. The molecule has 1 aromatic rings. The minimum Gasteiger partial charge on any atom is -0.481 e. The average molecular weight is 329 g/mol. The van der Waals surface area contributed by atoms with E-state index in [2.05, 4.69) is 25.1 Å². The molecule has 24 heavy (non-hydrogen) atoms. The molecule has 4 nitrogen and oxygen atoms in total. The van der Waals surface area contributed by atoms with Gasteiger partial charge in [0.1, 0.15) is 0 Å². The van der Waals surface area contributed by atoms with Crippen LogP contribution in [0.15, 0.2) is 24.3 Å². The predicted molar refractivity (Wildman–Crippen MR) is 92.6 cm³/mol. The SMILES string of the molecule is Cc1cccc(C2CCCCCN2C(=O)CC2(C(=O)O)CCC2)c1. The van der Waals surface area contributed by atoms with Gasteiger partial charge in [-0.05, 0) is 38.2 Å². The Bertz CT molecular complexity index is 621. The zero-order valence-electron chi connectivity index (χ0n) is 14.5. The summed E-state index contributed by atoms with van der Waals surface area (Å²) in [6, 6.07) is 8.46. The van der Waals surface area contributed by atoms with E-state index in [-0.39, 0.29) is 18.4 Å². The van der Waals surface area contributed by atoms with Gasteiger partial charge in [-0.3, -0.25) is 9.59 Å². The van der Waals surface area contributed by atoms with Crippen molar-refractivity contribution in [1.29, 1.82) is 0 Å². The van der Waals surface area contributed by atoms with Gasteiger partial charge in [-0.1, -0.05) is 49.1 Å². The Balaban J connectivity index is 1.82. The second-order valence-electron chi connectivity index (χ2n) is 7.48. The highest BCUT2D eigenvalue weighted by Gasteiger charge is 2.47. The molecular formula is C20H27NO3. The van der Waals surface area contributed by atoms with Crippen LogP contribution in [0.4, 0.5) is 0 Å². The number of carbonyl (C=O) groups is 2. The van der Waals surface area contributed by atoms with E-state index in [0.717, 1.165) is 38.6 Å². The van der Waals surface area contributed by atoms with Gasteiger partial charge in [-0.2, -0.15) is 0 Å². The Hall–Kier alpha value is -1.84. The summed E-state index contributed by atoms with van der Waals surface area (Å²) in [6.45, 7) is 2.81. The average Bonchev–Trinajstić information content (AvgIpc) is 2.76. The van der Waals surface area contributed by atoms with E-state index in [0.29, 0.717) is 12.8 Å². The number of nitrogens with zero attached hydrogens (tertiary/aromatic N) is 1. The molecule has 1 unspecified atom stereocenters. The number of likely N-dealkylation sites (tertiary alicyclic amines) is 1. The number of hydrogen-bond donors (Lipinski definition) is 1. The predicted octanol–water partition coefficient (Wildman–Crippen LogP) is 4.08. The number of amides is 1. The first-order chi connectivity index (χ1) is 11.5. The largest absolute Gasteiger partial charge is 0.481 e. The lowest BCUT2D eigenvalue weighted by atomic mass is 9.66. The number of aliphatic carboxylic acids is 1. The van der Waals surface area contributed by atoms with E-state index >= 15 is 0 Å². The smallest absolute Gasteiger partial charge is 0.310 e. The quantitative estimate of drug-likeness (QED) is 0.905.